The Hall–Kier alpha value is -3.93. The van der Waals surface area contributed by atoms with Crippen LogP contribution in [0.15, 0.2) is 66.7 Å². The molecule has 0 saturated carbocycles. The molecule has 3 aromatic carbocycles. The summed E-state index contributed by atoms with van der Waals surface area (Å²) in [4.78, 5) is 28.3. The lowest BCUT2D eigenvalue weighted by Crippen LogP contribution is -2.09. The number of carbonyl (C=O) groups is 2. The second-order valence-electron chi connectivity index (χ2n) is 8.37. The first-order valence-electron chi connectivity index (χ1n) is 11.7. The number of imidazole rings is 1. The molecule has 34 heavy (non-hydrogen) atoms. The molecule has 0 spiro atoms. The van der Waals surface area contributed by atoms with Crippen LogP contribution in [0.25, 0.3) is 22.2 Å². The molecule has 4 aromatic rings. The summed E-state index contributed by atoms with van der Waals surface area (Å²) >= 11 is 0. The fourth-order valence-corrected chi connectivity index (χ4v) is 4.10. The first-order valence-corrected chi connectivity index (χ1v) is 11.7. The number of unbranched alkanes of at least 4 members (excludes halogenated alkanes) is 1. The maximum absolute atomic E-state index is 11.8. The minimum absolute atomic E-state index is 0.0189. The van der Waals surface area contributed by atoms with Gasteiger partial charge in [-0.2, -0.15) is 0 Å². The summed E-state index contributed by atoms with van der Waals surface area (Å²) in [5.41, 5.74) is 5.64. The van der Waals surface area contributed by atoms with E-state index in [1.807, 2.05) is 61.5 Å². The van der Waals surface area contributed by atoms with Gasteiger partial charge in [-0.1, -0.05) is 62.7 Å². The molecule has 0 aliphatic rings. The van der Waals surface area contributed by atoms with Crippen molar-refractivity contribution in [2.75, 3.05) is 5.32 Å². The van der Waals surface area contributed by atoms with Gasteiger partial charge in [0.2, 0.25) is 5.91 Å². The molecule has 0 saturated heterocycles. The van der Waals surface area contributed by atoms with Gasteiger partial charge in [-0.3, -0.25) is 4.79 Å². The minimum atomic E-state index is -0.931. The summed E-state index contributed by atoms with van der Waals surface area (Å²) in [5.74, 6) is 0.0743. The van der Waals surface area contributed by atoms with Crippen LogP contribution in [-0.4, -0.2) is 26.5 Å². The Bertz CT molecular complexity index is 1320. The van der Waals surface area contributed by atoms with E-state index < -0.39 is 5.97 Å². The van der Waals surface area contributed by atoms with Gasteiger partial charge < -0.3 is 15.0 Å². The number of aromatic carboxylic acids is 1. The maximum atomic E-state index is 11.8. The molecule has 174 valence electrons. The molecular formula is C28H29N3O3. The second kappa shape index (κ2) is 10.3. The molecule has 1 heterocycles. The van der Waals surface area contributed by atoms with Crippen molar-refractivity contribution in [3.05, 3.63) is 83.7 Å². The van der Waals surface area contributed by atoms with Gasteiger partial charge in [0.25, 0.3) is 0 Å². The van der Waals surface area contributed by atoms with Crippen LogP contribution in [0.4, 0.5) is 5.69 Å². The number of hydrogen-bond donors (Lipinski definition) is 2. The largest absolute Gasteiger partial charge is 0.478 e. The van der Waals surface area contributed by atoms with Gasteiger partial charge in [-0.15, -0.1) is 0 Å². The second-order valence-corrected chi connectivity index (χ2v) is 8.37. The number of fused-ring (bicyclic) bond motifs is 1. The Labute approximate surface area is 199 Å². The molecule has 2 N–H and O–H groups in total. The Morgan fingerprint density at radius 2 is 1.76 bits per heavy atom. The Morgan fingerprint density at radius 1 is 1.00 bits per heavy atom. The van der Waals surface area contributed by atoms with Gasteiger partial charge in [0.1, 0.15) is 5.82 Å². The van der Waals surface area contributed by atoms with E-state index in [1.165, 1.54) is 0 Å². The molecule has 4 rings (SSSR count). The Balaban J connectivity index is 1.65. The maximum Gasteiger partial charge on any atom is 0.336 e. The lowest BCUT2D eigenvalue weighted by atomic mass is 9.99. The van der Waals surface area contributed by atoms with Crippen molar-refractivity contribution in [3.63, 3.8) is 0 Å². The number of rotatable bonds is 9. The number of aromatic nitrogens is 2. The number of nitrogens with one attached hydrogen (secondary N) is 1. The Morgan fingerprint density at radius 3 is 2.47 bits per heavy atom. The van der Waals surface area contributed by atoms with Crippen LogP contribution in [0.2, 0.25) is 0 Å². The average molecular weight is 456 g/mol. The summed E-state index contributed by atoms with van der Waals surface area (Å²) < 4.78 is 2.23. The quantitative estimate of drug-likeness (QED) is 0.317. The SMILES string of the molecule is CCCCc1nc2cc(NC(=O)CC)ccc2n1Cc1ccc(-c2ccccc2C(=O)O)cc1. The number of hydrogen-bond acceptors (Lipinski definition) is 3. The number of nitrogens with zero attached hydrogens (tertiary/aromatic N) is 2. The highest BCUT2D eigenvalue weighted by Gasteiger charge is 2.14. The van der Waals surface area contributed by atoms with E-state index in [0.717, 1.165) is 52.9 Å². The topological polar surface area (TPSA) is 84.2 Å². The zero-order chi connectivity index (χ0) is 24.1. The number of carboxylic acid groups (broad SMARTS) is 1. The average Bonchev–Trinajstić information content (AvgIpc) is 3.19. The van der Waals surface area contributed by atoms with Gasteiger partial charge in [0.15, 0.2) is 0 Å². The standard InChI is InChI=1S/C28H29N3O3/c1-3-5-10-26-30-24-17-21(29-27(32)4-2)15-16-25(24)31(26)18-19-11-13-20(14-12-19)22-8-6-7-9-23(22)28(33)34/h6-9,11-17H,3-5,10,18H2,1-2H3,(H,29,32)(H,33,34). The number of benzene rings is 3. The third-order valence-corrected chi connectivity index (χ3v) is 5.95. The van der Waals surface area contributed by atoms with Crippen LogP contribution in [-0.2, 0) is 17.8 Å². The third kappa shape index (κ3) is 5.01. The summed E-state index contributed by atoms with van der Waals surface area (Å²) in [7, 11) is 0. The van der Waals surface area contributed by atoms with E-state index >= 15 is 0 Å². The van der Waals surface area contributed by atoms with Crippen molar-refractivity contribution >= 4 is 28.6 Å². The van der Waals surface area contributed by atoms with Crippen molar-refractivity contribution in [3.8, 4) is 11.1 Å². The summed E-state index contributed by atoms with van der Waals surface area (Å²) in [6, 6.07) is 20.9. The predicted octanol–water partition coefficient (Wildman–Crippen LogP) is 6.14. The van der Waals surface area contributed by atoms with E-state index in [-0.39, 0.29) is 5.91 Å². The highest BCUT2D eigenvalue weighted by molar-refractivity contribution is 5.96. The normalized spacial score (nSPS) is 11.0. The summed E-state index contributed by atoms with van der Waals surface area (Å²) in [5, 5.41) is 12.4. The van der Waals surface area contributed by atoms with Gasteiger partial charge >= 0.3 is 5.97 Å². The first-order chi connectivity index (χ1) is 16.5. The van der Waals surface area contributed by atoms with Crippen molar-refractivity contribution in [1.82, 2.24) is 9.55 Å². The molecule has 0 aliphatic heterocycles. The van der Waals surface area contributed by atoms with E-state index in [2.05, 4.69) is 16.8 Å². The smallest absolute Gasteiger partial charge is 0.336 e. The monoisotopic (exact) mass is 455 g/mol. The molecule has 0 atom stereocenters. The van der Waals surface area contributed by atoms with Crippen LogP contribution < -0.4 is 5.32 Å². The lowest BCUT2D eigenvalue weighted by molar-refractivity contribution is -0.115. The van der Waals surface area contributed by atoms with Crippen LogP contribution in [0.1, 0.15) is 54.9 Å². The molecule has 6 heteroatoms. The Kier molecular flexibility index (Phi) is 7.07. The molecule has 0 aliphatic carbocycles. The van der Waals surface area contributed by atoms with Crippen molar-refractivity contribution in [2.45, 2.75) is 46.1 Å². The van der Waals surface area contributed by atoms with Gasteiger partial charge in [-0.05, 0) is 47.4 Å². The lowest BCUT2D eigenvalue weighted by Gasteiger charge is -2.11. The van der Waals surface area contributed by atoms with Crippen molar-refractivity contribution in [2.24, 2.45) is 0 Å². The van der Waals surface area contributed by atoms with Crippen LogP contribution in [0, 0.1) is 0 Å². The van der Waals surface area contributed by atoms with Crippen molar-refractivity contribution < 1.29 is 14.7 Å². The molecule has 6 nitrogen and oxygen atoms in total. The van der Waals surface area contributed by atoms with E-state index in [4.69, 9.17) is 4.98 Å². The number of anilines is 1. The van der Waals surface area contributed by atoms with E-state index in [1.54, 1.807) is 12.1 Å². The number of carboxylic acids is 1. The third-order valence-electron chi connectivity index (χ3n) is 5.95. The molecule has 0 bridgehead atoms. The fraction of sp³-hybridized carbons (Fsp3) is 0.250. The van der Waals surface area contributed by atoms with Crippen LogP contribution in [0.5, 0.6) is 0 Å². The summed E-state index contributed by atoms with van der Waals surface area (Å²) in [6.07, 6.45) is 3.44. The number of carbonyl (C=O) groups excluding carboxylic acids is 1. The molecule has 1 amide bonds. The highest BCUT2D eigenvalue weighted by atomic mass is 16.4. The molecule has 1 aromatic heterocycles. The molecule has 0 radical (unpaired) electrons. The van der Waals surface area contributed by atoms with Crippen LogP contribution in [0.3, 0.4) is 0 Å². The fourth-order valence-electron chi connectivity index (χ4n) is 4.10. The van der Waals surface area contributed by atoms with Gasteiger partial charge in [0.05, 0.1) is 16.6 Å². The van der Waals surface area contributed by atoms with Crippen molar-refractivity contribution in [1.29, 1.82) is 0 Å². The van der Waals surface area contributed by atoms with Gasteiger partial charge in [-0.25, -0.2) is 9.78 Å². The minimum Gasteiger partial charge on any atom is -0.478 e. The molecule has 0 fully saturated rings. The summed E-state index contributed by atoms with van der Waals surface area (Å²) in [6.45, 7) is 4.66. The highest BCUT2D eigenvalue weighted by Crippen LogP contribution is 2.26. The van der Waals surface area contributed by atoms with Crippen LogP contribution >= 0.6 is 0 Å². The van der Waals surface area contributed by atoms with Gasteiger partial charge in [0, 0.05) is 25.1 Å². The zero-order valence-electron chi connectivity index (χ0n) is 19.5. The first kappa shape index (κ1) is 23.2. The predicted molar refractivity (Wildman–Crippen MR) is 135 cm³/mol. The molecular weight excluding hydrogens is 426 g/mol. The van der Waals surface area contributed by atoms with E-state index in [0.29, 0.717) is 24.1 Å². The molecule has 0 unspecified atom stereocenters. The number of amides is 1. The van der Waals surface area contributed by atoms with E-state index in [9.17, 15) is 14.7 Å². The zero-order valence-corrected chi connectivity index (χ0v) is 19.5. The number of aryl methyl sites for hydroxylation is 1.